The van der Waals surface area contributed by atoms with E-state index in [-0.39, 0.29) is 0 Å². The number of aryl methyl sites for hydroxylation is 1. The van der Waals surface area contributed by atoms with Crippen LogP contribution >= 0.6 is 0 Å². The molecule has 1 aliphatic heterocycles. The molecule has 0 unspecified atom stereocenters. The SMILES string of the molecule is Cc1oncc1CN1CC(n2c(C3CC3)nc3ccccc32)C1. The van der Waals surface area contributed by atoms with Gasteiger partial charge in [0.1, 0.15) is 11.6 Å². The molecular weight excluding hydrogens is 288 g/mol. The molecule has 3 heterocycles. The highest BCUT2D eigenvalue weighted by molar-refractivity contribution is 5.76. The molecule has 0 spiro atoms. The Kier molecular flexibility index (Phi) is 2.85. The second-order valence-electron chi connectivity index (χ2n) is 6.86. The van der Waals surface area contributed by atoms with E-state index < -0.39 is 0 Å². The predicted octanol–water partition coefficient (Wildman–Crippen LogP) is 3.27. The van der Waals surface area contributed by atoms with Gasteiger partial charge in [0.2, 0.25) is 0 Å². The molecule has 118 valence electrons. The van der Waals surface area contributed by atoms with E-state index in [4.69, 9.17) is 9.51 Å². The van der Waals surface area contributed by atoms with Crippen LogP contribution in [-0.2, 0) is 6.54 Å². The molecule has 1 saturated heterocycles. The summed E-state index contributed by atoms with van der Waals surface area (Å²) in [6.07, 6.45) is 4.42. The fraction of sp³-hybridized carbons (Fsp3) is 0.444. The maximum atomic E-state index is 5.16. The van der Waals surface area contributed by atoms with Crippen molar-refractivity contribution in [2.24, 2.45) is 0 Å². The first-order valence-electron chi connectivity index (χ1n) is 8.39. The Labute approximate surface area is 134 Å². The summed E-state index contributed by atoms with van der Waals surface area (Å²) in [6.45, 7) is 5.06. The summed E-state index contributed by atoms with van der Waals surface area (Å²) in [6, 6.07) is 9.08. The van der Waals surface area contributed by atoms with E-state index in [2.05, 4.69) is 38.9 Å². The van der Waals surface area contributed by atoms with Crippen LogP contribution in [0, 0.1) is 6.92 Å². The first kappa shape index (κ1) is 13.3. The number of nitrogens with zero attached hydrogens (tertiary/aromatic N) is 4. The largest absolute Gasteiger partial charge is 0.361 e. The molecule has 23 heavy (non-hydrogen) atoms. The number of rotatable bonds is 4. The number of benzene rings is 1. The molecule has 5 rings (SSSR count). The second kappa shape index (κ2) is 4.93. The number of hydrogen-bond donors (Lipinski definition) is 0. The summed E-state index contributed by atoms with van der Waals surface area (Å²) < 4.78 is 7.66. The summed E-state index contributed by atoms with van der Waals surface area (Å²) in [5.41, 5.74) is 3.63. The Morgan fingerprint density at radius 2 is 2.04 bits per heavy atom. The minimum absolute atomic E-state index is 0.540. The normalized spacial score (nSPS) is 19.3. The van der Waals surface area contributed by atoms with Crippen molar-refractivity contribution in [3.63, 3.8) is 0 Å². The zero-order chi connectivity index (χ0) is 15.4. The number of aromatic nitrogens is 3. The number of fused-ring (bicyclic) bond motifs is 1. The fourth-order valence-electron chi connectivity index (χ4n) is 3.62. The van der Waals surface area contributed by atoms with Crippen molar-refractivity contribution < 1.29 is 4.52 Å². The summed E-state index contributed by atoms with van der Waals surface area (Å²) in [7, 11) is 0. The van der Waals surface area contributed by atoms with Crippen LogP contribution in [0.3, 0.4) is 0 Å². The lowest BCUT2D eigenvalue weighted by molar-refractivity contribution is 0.0989. The van der Waals surface area contributed by atoms with E-state index in [1.807, 2.05) is 13.1 Å². The average Bonchev–Trinajstić information content (AvgIpc) is 3.19. The Hall–Kier alpha value is -2.14. The number of hydrogen-bond acceptors (Lipinski definition) is 4. The Morgan fingerprint density at radius 1 is 1.22 bits per heavy atom. The smallest absolute Gasteiger partial charge is 0.138 e. The molecule has 0 N–H and O–H groups in total. The van der Waals surface area contributed by atoms with Crippen molar-refractivity contribution in [1.29, 1.82) is 0 Å². The van der Waals surface area contributed by atoms with Crippen LogP contribution in [-0.4, -0.2) is 32.7 Å². The third kappa shape index (κ3) is 2.18. The van der Waals surface area contributed by atoms with Crippen LogP contribution in [0.2, 0.25) is 0 Å². The van der Waals surface area contributed by atoms with Gasteiger partial charge in [-0.05, 0) is 31.9 Å². The highest BCUT2D eigenvalue weighted by atomic mass is 16.5. The second-order valence-corrected chi connectivity index (χ2v) is 6.86. The third-order valence-corrected chi connectivity index (χ3v) is 5.11. The molecule has 2 fully saturated rings. The minimum Gasteiger partial charge on any atom is -0.361 e. The van der Waals surface area contributed by atoms with Crippen LogP contribution in [0.1, 0.15) is 41.9 Å². The van der Waals surface area contributed by atoms with Crippen LogP contribution in [0.4, 0.5) is 0 Å². The van der Waals surface area contributed by atoms with Gasteiger partial charge in [0.15, 0.2) is 0 Å². The lowest BCUT2D eigenvalue weighted by Gasteiger charge is -2.40. The highest BCUT2D eigenvalue weighted by Gasteiger charge is 2.36. The molecule has 0 radical (unpaired) electrons. The Morgan fingerprint density at radius 3 is 2.78 bits per heavy atom. The molecule has 2 aromatic heterocycles. The van der Waals surface area contributed by atoms with Crippen LogP contribution in [0.25, 0.3) is 11.0 Å². The molecule has 0 bridgehead atoms. The predicted molar refractivity (Wildman–Crippen MR) is 87.3 cm³/mol. The van der Waals surface area contributed by atoms with Crippen LogP contribution < -0.4 is 0 Å². The summed E-state index contributed by atoms with van der Waals surface area (Å²) in [4.78, 5) is 7.37. The van der Waals surface area contributed by atoms with Crippen molar-refractivity contribution >= 4 is 11.0 Å². The van der Waals surface area contributed by atoms with E-state index in [1.54, 1.807) is 0 Å². The van der Waals surface area contributed by atoms with Gasteiger partial charge >= 0.3 is 0 Å². The topological polar surface area (TPSA) is 47.1 Å². The van der Waals surface area contributed by atoms with Gasteiger partial charge < -0.3 is 9.09 Å². The van der Waals surface area contributed by atoms with E-state index >= 15 is 0 Å². The lowest BCUT2D eigenvalue weighted by Crippen LogP contribution is -2.47. The van der Waals surface area contributed by atoms with Crippen molar-refractivity contribution in [2.45, 2.75) is 38.3 Å². The monoisotopic (exact) mass is 308 g/mol. The molecule has 0 amide bonds. The highest BCUT2D eigenvalue weighted by Crippen LogP contribution is 2.43. The summed E-state index contributed by atoms with van der Waals surface area (Å²) >= 11 is 0. The van der Waals surface area contributed by atoms with E-state index in [1.165, 1.54) is 29.7 Å². The van der Waals surface area contributed by atoms with Gasteiger partial charge in [-0.25, -0.2) is 4.98 Å². The van der Waals surface area contributed by atoms with Gasteiger partial charge in [0, 0.05) is 31.1 Å². The molecule has 1 saturated carbocycles. The average molecular weight is 308 g/mol. The first-order valence-corrected chi connectivity index (χ1v) is 8.39. The van der Waals surface area contributed by atoms with Crippen molar-refractivity contribution in [1.82, 2.24) is 19.6 Å². The number of imidazole rings is 1. The van der Waals surface area contributed by atoms with Crippen molar-refractivity contribution in [3.8, 4) is 0 Å². The summed E-state index contributed by atoms with van der Waals surface area (Å²) in [5, 5.41) is 3.87. The van der Waals surface area contributed by atoms with Gasteiger partial charge in [-0.3, -0.25) is 4.90 Å². The molecular formula is C18H20N4O. The van der Waals surface area contributed by atoms with Gasteiger partial charge in [0.05, 0.1) is 23.3 Å². The van der Waals surface area contributed by atoms with Crippen LogP contribution in [0.5, 0.6) is 0 Å². The molecule has 5 nitrogen and oxygen atoms in total. The molecule has 2 aliphatic rings. The third-order valence-electron chi connectivity index (χ3n) is 5.11. The standard InChI is InChI=1S/C18H20N4O/c1-12-14(8-19-23-12)9-21-10-15(11-21)22-17-5-3-2-4-16(17)20-18(22)13-6-7-13/h2-5,8,13,15H,6-7,9-11H2,1H3. The van der Waals surface area contributed by atoms with Crippen molar-refractivity contribution in [2.75, 3.05) is 13.1 Å². The summed E-state index contributed by atoms with van der Waals surface area (Å²) in [5.74, 6) is 2.91. The van der Waals surface area contributed by atoms with Crippen molar-refractivity contribution in [3.05, 3.63) is 47.6 Å². The van der Waals surface area contributed by atoms with Crippen LogP contribution in [0.15, 0.2) is 35.0 Å². The number of likely N-dealkylation sites (tertiary alicyclic amines) is 1. The van der Waals surface area contributed by atoms with E-state index in [0.717, 1.165) is 30.9 Å². The Bertz CT molecular complexity index is 855. The van der Waals surface area contributed by atoms with Gasteiger partial charge in [-0.2, -0.15) is 0 Å². The zero-order valence-corrected chi connectivity index (χ0v) is 13.3. The van der Waals surface area contributed by atoms with E-state index in [0.29, 0.717) is 12.0 Å². The van der Waals surface area contributed by atoms with E-state index in [9.17, 15) is 0 Å². The number of para-hydroxylation sites is 2. The quantitative estimate of drug-likeness (QED) is 0.742. The lowest BCUT2D eigenvalue weighted by atomic mass is 10.1. The molecule has 1 aliphatic carbocycles. The molecule has 3 aromatic rings. The zero-order valence-electron chi connectivity index (χ0n) is 13.3. The first-order chi connectivity index (χ1) is 11.3. The van der Waals surface area contributed by atoms with Gasteiger partial charge in [-0.15, -0.1) is 0 Å². The molecule has 5 heteroatoms. The maximum Gasteiger partial charge on any atom is 0.138 e. The maximum absolute atomic E-state index is 5.16. The minimum atomic E-state index is 0.540. The van der Waals surface area contributed by atoms with Gasteiger partial charge in [-0.1, -0.05) is 17.3 Å². The molecule has 0 atom stereocenters. The molecule has 1 aromatic carbocycles. The van der Waals surface area contributed by atoms with Gasteiger partial charge in [0.25, 0.3) is 0 Å². The Balaban J connectivity index is 1.40. The fourth-order valence-corrected chi connectivity index (χ4v) is 3.62.